The van der Waals surface area contributed by atoms with Crippen LogP contribution in [-0.2, 0) is 9.59 Å². The van der Waals surface area contributed by atoms with Gasteiger partial charge in [0.1, 0.15) is 0 Å². The number of carbonyl (C=O) groups is 2. The maximum absolute atomic E-state index is 12.6. The van der Waals surface area contributed by atoms with Gasteiger partial charge in [0.05, 0.1) is 11.8 Å². The molecule has 0 aromatic heterocycles. The van der Waals surface area contributed by atoms with Gasteiger partial charge in [-0.15, -0.1) is 0 Å². The number of nitrogens with zero attached hydrogens (tertiary/aromatic N) is 1. The van der Waals surface area contributed by atoms with Crippen molar-refractivity contribution in [2.45, 2.75) is 58.9 Å². The zero-order chi connectivity index (χ0) is 14.2. The summed E-state index contributed by atoms with van der Waals surface area (Å²) in [7, 11) is 0. The molecule has 0 bridgehead atoms. The van der Waals surface area contributed by atoms with Gasteiger partial charge in [0.2, 0.25) is 5.91 Å². The molecule has 0 aromatic rings. The van der Waals surface area contributed by atoms with Gasteiger partial charge in [0.25, 0.3) is 0 Å². The normalized spacial score (nSPS) is 33.0. The van der Waals surface area contributed by atoms with Crippen molar-refractivity contribution in [1.29, 1.82) is 0 Å². The molecule has 19 heavy (non-hydrogen) atoms. The lowest BCUT2D eigenvalue weighted by molar-refractivity contribution is -0.143. The summed E-state index contributed by atoms with van der Waals surface area (Å²) in [4.78, 5) is 25.8. The molecule has 0 spiro atoms. The number of hydrogen-bond donors (Lipinski definition) is 1. The Labute approximate surface area is 115 Å². The van der Waals surface area contributed by atoms with Crippen molar-refractivity contribution in [2.75, 3.05) is 6.54 Å². The second-order valence-corrected chi connectivity index (χ2v) is 6.58. The summed E-state index contributed by atoms with van der Waals surface area (Å²) in [5.74, 6) is -1.56. The summed E-state index contributed by atoms with van der Waals surface area (Å²) in [6, 6.07) is 0.331. The lowest BCUT2D eigenvalue weighted by Gasteiger charge is -2.36. The van der Waals surface area contributed by atoms with E-state index in [2.05, 4.69) is 6.92 Å². The highest BCUT2D eigenvalue weighted by molar-refractivity contribution is 5.91. The fourth-order valence-electron chi connectivity index (χ4n) is 3.66. The number of carboxylic acids is 1. The molecule has 3 atom stereocenters. The van der Waals surface area contributed by atoms with Gasteiger partial charge in [0, 0.05) is 12.6 Å². The Bertz CT molecular complexity index is 376. The van der Waals surface area contributed by atoms with Crippen LogP contribution in [-0.4, -0.2) is 34.5 Å². The van der Waals surface area contributed by atoms with Crippen LogP contribution in [0.3, 0.4) is 0 Å². The van der Waals surface area contributed by atoms with Crippen LogP contribution in [0.1, 0.15) is 52.9 Å². The summed E-state index contributed by atoms with van der Waals surface area (Å²) >= 11 is 0. The number of carboxylic acid groups (broad SMARTS) is 1. The van der Waals surface area contributed by atoms with Crippen LogP contribution in [0.4, 0.5) is 0 Å². The number of amides is 1. The molecule has 1 amide bonds. The van der Waals surface area contributed by atoms with Gasteiger partial charge in [-0.3, -0.25) is 9.59 Å². The average molecular weight is 267 g/mol. The molecule has 1 saturated heterocycles. The lowest BCUT2D eigenvalue weighted by Crippen LogP contribution is -2.45. The first-order chi connectivity index (χ1) is 8.91. The minimum atomic E-state index is -0.826. The van der Waals surface area contributed by atoms with Crippen molar-refractivity contribution in [3.63, 3.8) is 0 Å². The Morgan fingerprint density at radius 2 is 1.95 bits per heavy atom. The molecule has 1 unspecified atom stereocenters. The number of hydrogen-bond acceptors (Lipinski definition) is 2. The predicted molar refractivity (Wildman–Crippen MR) is 72.7 cm³/mol. The summed E-state index contributed by atoms with van der Waals surface area (Å²) in [5, 5.41) is 9.21. The van der Waals surface area contributed by atoms with Crippen molar-refractivity contribution in [1.82, 2.24) is 4.90 Å². The number of rotatable bonds is 4. The molecular weight excluding hydrogens is 242 g/mol. The first-order valence-electron chi connectivity index (χ1n) is 7.44. The monoisotopic (exact) mass is 267 g/mol. The van der Waals surface area contributed by atoms with Crippen LogP contribution >= 0.6 is 0 Å². The fraction of sp³-hybridized carbons (Fsp3) is 0.867. The molecule has 4 heteroatoms. The Hall–Kier alpha value is -1.06. The second kappa shape index (κ2) is 5.14. The smallest absolute Gasteiger partial charge is 0.307 e. The van der Waals surface area contributed by atoms with Crippen molar-refractivity contribution in [3.05, 3.63) is 0 Å². The Kier molecular flexibility index (Phi) is 3.88. The van der Waals surface area contributed by atoms with E-state index in [1.54, 1.807) is 0 Å². The minimum Gasteiger partial charge on any atom is -0.481 e. The van der Waals surface area contributed by atoms with E-state index in [0.717, 1.165) is 32.2 Å². The zero-order valence-corrected chi connectivity index (χ0v) is 12.2. The fourth-order valence-corrected chi connectivity index (χ4v) is 3.66. The molecule has 0 aromatic carbocycles. The molecule has 0 radical (unpaired) electrons. The predicted octanol–water partition coefficient (Wildman–Crippen LogP) is 2.52. The van der Waals surface area contributed by atoms with Gasteiger partial charge in [-0.1, -0.05) is 27.2 Å². The Morgan fingerprint density at radius 1 is 1.26 bits per heavy atom. The van der Waals surface area contributed by atoms with Crippen molar-refractivity contribution in [3.8, 4) is 0 Å². The quantitative estimate of drug-likeness (QED) is 0.851. The van der Waals surface area contributed by atoms with Crippen LogP contribution in [0, 0.1) is 17.3 Å². The van der Waals surface area contributed by atoms with E-state index in [1.807, 2.05) is 18.7 Å². The lowest BCUT2D eigenvalue weighted by atomic mass is 9.97. The highest BCUT2D eigenvalue weighted by Crippen LogP contribution is 2.59. The van der Waals surface area contributed by atoms with E-state index in [0.29, 0.717) is 6.04 Å². The number of carbonyl (C=O) groups excluding carboxylic acids is 1. The van der Waals surface area contributed by atoms with Gasteiger partial charge in [-0.2, -0.15) is 0 Å². The number of aliphatic carboxylic acids is 1. The van der Waals surface area contributed by atoms with Gasteiger partial charge in [-0.05, 0) is 31.1 Å². The van der Waals surface area contributed by atoms with Crippen molar-refractivity contribution in [2.24, 2.45) is 17.3 Å². The Morgan fingerprint density at radius 3 is 2.47 bits per heavy atom. The summed E-state index contributed by atoms with van der Waals surface area (Å²) in [6.07, 6.45) is 5.42. The summed E-state index contributed by atoms with van der Waals surface area (Å²) < 4.78 is 0. The van der Waals surface area contributed by atoms with Gasteiger partial charge < -0.3 is 10.0 Å². The van der Waals surface area contributed by atoms with E-state index in [1.165, 1.54) is 6.42 Å². The molecule has 108 valence electrons. The third-order valence-electron chi connectivity index (χ3n) is 4.89. The average Bonchev–Trinajstić information content (AvgIpc) is 2.93. The molecule has 4 nitrogen and oxygen atoms in total. The largest absolute Gasteiger partial charge is 0.481 e. The van der Waals surface area contributed by atoms with Crippen LogP contribution < -0.4 is 0 Å². The zero-order valence-electron chi connectivity index (χ0n) is 12.2. The van der Waals surface area contributed by atoms with Crippen LogP contribution in [0.5, 0.6) is 0 Å². The SMILES string of the molecule is CCCC1CCCCN1C(=O)[C@H]1[C@@H](C(=O)O)C1(C)C. The van der Waals surface area contributed by atoms with Crippen molar-refractivity contribution >= 4 is 11.9 Å². The molecule has 1 aliphatic heterocycles. The topological polar surface area (TPSA) is 57.6 Å². The van der Waals surface area contributed by atoms with Crippen LogP contribution in [0.15, 0.2) is 0 Å². The molecule has 1 heterocycles. The van der Waals surface area contributed by atoms with Crippen molar-refractivity contribution < 1.29 is 14.7 Å². The standard InChI is InChI=1S/C15H25NO3/c1-4-7-10-8-5-6-9-16(10)13(17)11-12(14(18)19)15(11,2)3/h10-12H,4-9H2,1-3H3,(H,18,19)/t10?,11-,12+/m1/s1. The van der Waals surface area contributed by atoms with Crippen LogP contribution in [0.25, 0.3) is 0 Å². The van der Waals surface area contributed by atoms with E-state index in [-0.39, 0.29) is 17.2 Å². The van der Waals surface area contributed by atoms with Gasteiger partial charge in [0.15, 0.2) is 0 Å². The molecule has 2 aliphatic rings. The molecule has 2 rings (SSSR count). The molecule has 1 N–H and O–H groups in total. The maximum atomic E-state index is 12.6. The van der Waals surface area contributed by atoms with E-state index in [9.17, 15) is 14.7 Å². The van der Waals surface area contributed by atoms with E-state index in [4.69, 9.17) is 0 Å². The van der Waals surface area contributed by atoms with Crippen LogP contribution in [0.2, 0.25) is 0 Å². The van der Waals surface area contributed by atoms with Gasteiger partial charge >= 0.3 is 5.97 Å². The highest BCUT2D eigenvalue weighted by atomic mass is 16.4. The number of likely N-dealkylation sites (tertiary alicyclic amines) is 1. The maximum Gasteiger partial charge on any atom is 0.307 e. The Balaban J connectivity index is 2.08. The molecule has 2 fully saturated rings. The second-order valence-electron chi connectivity index (χ2n) is 6.58. The first-order valence-corrected chi connectivity index (χ1v) is 7.44. The highest BCUT2D eigenvalue weighted by Gasteiger charge is 2.66. The summed E-state index contributed by atoms with van der Waals surface area (Å²) in [5.41, 5.74) is -0.378. The van der Waals surface area contributed by atoms with Gasteiger partial charge in [-0.25, -0.2) is 0 Å². The number of piperidine rings is 1. The third-order valence-corrected chi connectivity index (χ3v) is 4.89. The molecule has 1 saturated carbocycles. The van der Waals surface area contributed by atoms with E-state index >= 15 is 0 Å². The molecular formula is C15H25NO3. The first kappa shape index (κ1) is 14.4. The third kappa shape index (κ3) is 2.49. The van der Waals surface area contributed by atoms with E-state index < -0.39 is 11.9 Å². The minimum absolute atomic E-state index is 0.0792. The molecule has 1 aliphatic carbocycles. The summed E-state index contributed by atoms with van der Waals surface area (Å²) in [6.45, 7) is 6.74.